The topological polar surface area (TPSA) is 62.4 Å². The molecular formula is C19H21F2N3O2. The van der Waals surface area contributed by atoms with Gasteiger partial charge in [0.05, 0.1) is 13.2 Å². The van der Waals surface area contributed by atoms with Crippen molar-refractivity contribution in [2.45, 2.75) is 18.9 Å². The van der Waals surface area contributed by atoms with Gasteiger partial charge < -0.3 is 10.1 Å². The maximum atomic E-state index is 13.9. The van der Waals surface area contributed by atoms with E-state index in [0.29, 0.717) is 11.3 Å². The molecule has 0 bridgehead atoms. The highest BCUT2D eigenvalue weighted by atomic mass is 19.1. The number of nitrogens with one attached hydrogen (secondary N) is 3. The van der Waals surface area contributed by atoms with Crippen LogP contribution < -0.4 is 20.9 Å². The summed E-state index contributed by atoms with van der Waals surface area (Å²) >= 11 is 0. The van der Waals surface area contributed by atoms with Gasteiger partial charge in [-0.15, -0.1) is 0 Å². The van der Waals surface area contributed by atoms with Crippen LogP contribution >= 0.6 is 0 Å². The molecule has 0 saturated carbocycles. The van der Waals surface area contributed by atoms with Crippen LogP contribution in [-0.2, 0) is 0 Å². The zero-order valence-corrected chi connectivity index (χ0v) is 14.6. The molecule has 7 heteroatoms. The Labute approximate surface area is 150 Å². The number of carbonyl (C=O) groups excluding carboxylic acids is 1. The lowest BCUT2D eigenvalue weighted by molar-refractivity contribution is 0.0938. The fraction of sp³-hybridized carbons (Fsp3) is 0.316. The Balaban J connectivity index is 1.79. The largest absolute Gasteiger partial charge is 0.496 e. The van der Waals surface area contributed by atoms with Gasteiger partial charge in [0.1, 0.15) is 17.4 Å². The zero-order valence-electron chi connectivity index (χ0n) is 14.6. The van der Waals surface area contributed by atoms with Crippen LogP contribution in [0.1, 0.15) is 40.4 Å². The van der Waals surface area contributed by atoms with Gasteiger partial charge in [-0.2, -0.15) is 0 Å². The minimum atomic E-state index is -0.808. The number of hydrogen-bond acceptors (Lipinski definition) is 4. The predicted molar refractivity (Wildman–Crippen MR) is 94.0 cm³/mol. The molecule has 0 radical (unpaired) electrons. The summed E-state index contributed by atoms with van der Waals surface area (Å²) in [6, 6.07) is 8.01. The lowest BCUT2D eigenvalue weighted by Crippen LogP contribution is -2.28. The summed E-state index contributed by atoms with van der Waals surface area (Å²) in [5.41, 5.74) is 7.32. The number of rotatable bonds is 5. The highest BCUT2D eigenvalue weighted by molar-refractivity contribution is 5.95. The van der Waals surface area contributed by atoms with E-state index in [-0.39, 0.29) is 11.5 Å². The van der Waals surface area contributed by atoms with Crippen molar-refractivity contribution in [2.24, 2.45) is 0 Å². The van der Waals surface area contributed by atoms with Gasteiger partial charge >= 0.3 is 0 Å². The van der Waals surface area contributed by atoms with E-state index in [4.69, 9.17) is 4.74 Å². The quantitative estimate of drug-likeness (QED) is 0.766. The fourth-order valence-corrected chi connectivity index (χ4v) is 3.15. The maximum Gasteiger partial charge on any atom is 0.251 e. The van der Waals surface area contributed by atoms with Crippen LogP contribution in [-0.4, -0.2) is 26.1 Å². The molecule has 3 N–H and O–H groups in total. The molecule has 0 spiro atoms. The second-order valence-electron chi connectivity index (χ2n) is 6.25. The molecule has 1 unspecified atom stereocenters. The molecule has 1 fully saturated rings. The van der Waals surface area contributed by atoms with E-state index < -0.39 is 23.6 Å². The van der Waals surface area contributed by atoms with Crippen LogP contribution in [0.3, 0.4) is 0 Å². The number of carbonyl (C=O) groups is 1. The Morgan fingerprint density at radius 2 is 1.85 bits per heavy atom. The van der Waals surface area contributed by atoms with Crippen LogP contribution in [0.4, 0.5) is 8.78 Å². The fourth-order valence-electron chi connectivity index (χ4n) is 3.15. The number of benzene rings is 2. The summed E-state index contributed by atoms with van der Waals surface area (Å²) in [5.74, 6) is -0.946. The first-order valence-corrected chi connectivity index (χ1v) is 8.39. The standard InChI is InChI=1S/C19H21F2N3O2/c1-11(18-15(20)4-3-5-16(18)21)24-19(25)12-6-7-14(17(8-12)26-2)13-9-22-23-10-13/h3-8,11,13,22-23H,9-10H2,1-2H3,(H,24,25). The minimum absolute atomic E-state index is 0.160. The van der Waals surface area contributed by atoms with Gasteiger partial charge in [0.25, 0.3) is 5.91 Å². The third-order valence-corrected chi connectivity index (χ3v) is 4.54. The average Bonchev–Trinajstić information content (AvgIpc) is 3.15. The molecule has 3 rings (SSSR count). The van der Waals surface area contributed by atoms with Crippen LogP contribution in [0.5, 0.6) is 5.75 Å². The van der Waals surface area contributed by atoms with Gasteiger partial charge in [-0.3, -0.25) is 15.6 Å². The number of ether oxygens (including phenoxy) is 1. The lowest BCUT2D eigenvalue weighted by atomic mass is 9.97. The van der Waals surface area contributed by atoms with Gasteiger partial charge in [-0.05, 0) is 36.8 Å². The van der Waals surface area contributed by atoms with Gasteiger partial charge in [0.2, 0.25) is 0 Å². The Morgan fingerprint density at radius 1 is 1.19 bits per heavy atom. The third-order valence-electron chi connectivity index (χ3n) is 4.54. The second kappa shape index (κ2) is 7.80. The van der Waals surface area contributed by atoms with Crippen LogP contribution in [0, 0.1) is 11.6 Å². The number of hydrazine groups is 1. The normalized spacial score (nSPS) is 15.7. The molecular weight excluding hydrogens is 340 g/mol. The summed E-state index contributed by atoms with van der Waals surface area (Å²) in [5, 5.41) is 2.64. The Morgan fingerprint density at radius 3 is 2.46 bits per heavy atom. The zero-order chi connectivity index (χ0) is 18.7. The monoisotopic (exact) mass is 361 g/mol. The summed E-state index contributed by atoms with van der Waals surface area (Å²) in [6.45, 7) is 3.08. The number of methoxy groups -OCH3 is 1. The van der Waals surface area contributed by atoms with Crippen molar-refractivity contribution in [3.05, 3.63) is 64.7 Å². The summed E-state index contributed by atoms with van der Waals surface area (Å²) < 4.78 is 33.2. The molecule has 1 aliphatic heterocycles. The van der Waals surface area contributed by atoms with E-state index in [2.05, 4.69) is 16.2 Å². The third kappa shape index (κ3) is 3.68. The molecule has 0 aliphatic carbocycles. The highest BCUT2D eigenvalue weighted by Gasteiger charge is 2.22. The van der Waals surface area contributed by atoms with Gasteiger partial charge in [0.15, 0.2) is 0 Å². The number of amides is 1. The van der Waals surface area contributed by atoms with Crippen molar-refractivity contribution in [1.29, 1.82) is 0 Å². The van der Waals surface area contributed by atoms with Crippen molar-refractivity contribution >= 4 is 5.91 Å². The summed E-state index contributed by atoms with van der Waals surface area (Å²) in [7, 11) is 1.55. The first kappa shape index (κ1) is 18.3. The Kier molecular flexibility index (Phi) is 5.49. The van der Waals surface area contributed by atoms with Crippen molar-refractivity contribution < 1.29 is 18.3 Å². The number of halogens is 2. The van der Waals surface area contributed by atoms with E-state index >= 15 is 0 Å². The first-order valence-electron chi connectivity index (χ1n) is 8.39. The van der Waals surface area contributed by atoms with Gasteiger partial charge in [0, 0.05) is 30.1 Å². The van der Waals surface area contributed by atoms with Crippen molar-refractivity contribution in [1.82, 2.24) is 16.2 Å². The Hall–Kier alpha value is -2.51. The summed E-state index contributed by atoms with van der Waals surface area (Å²) in [6.07, 6.45) is 0. The van der Waals surface area contributed by atoms with E-state index in [9.17, 15) is 13.6 Å². The van der Waals surface area contributed by atoms with E-state index in [1.807, 2.05) is 6.07 Å². The molecule has 1 aliphatic rings. The van der Waals surface area contributed by atoms with E-state index in [1.165, 1.54) is 18.2 Å². The number of hydrogen-bond donors (Lipinski definition) is 3. The highest BCUT2D eigenvalue weighted by Crippen LogP contribution is 2.29. The smallest absolute Gasteiger partial charge is 0.251 e. The average molecular weight is 361 g/mol. The minimum Gasteiger partial charge on any atom is -0.496 e. The molecule has 5 nitrogen and oxygen atoms in total. The van der Waals surface area contributed by atoms with E-state index in [1.54, 1.807) is 26.2 Å². The molecule has 26 heavy (non-hydrogen) atoms. The van der Waals surface area contributed by atoms with Gasteiger partial charge in [-0.25, -0.2) is 8.78 Å². The molecule has 0 aromatic heterocycles. The second-order valence-corrected chi connectivity index (χ2v) is 6.25. The lowest BCUT2D eigenvalue weighted by Gasteiger charge is -2.18. The molecule has 1 heterocycles. The maximum absolute atomic E-state index is 13.9. The van der Waals surface area contributed by atoms with Crippen molar-refractivity contribution in [3.8, 4) is 5.75 Å². The van der Waals surface area contributed by atoms with Crippen LogP contribution in [0.15, 0.2) is 36.4 Å². The van der Waals surface area contributed by atoms with Crippen LogP contribution in [0.2, 0.25) is 0 Å². The molecule has 2 aromatic rings. The molecule has 1 atom stereocenters. The molecule has 2 aromatic carbocycles. The predicted octanol–water partition coefficient (Wildman–Crippen LogP) is 2.66. The van der Waals surface area contributed by atoms with Crippen LogP contribution in [0.25, 0.3) is 0 Å². The van der Waals surface area contributed by atoms with E-state index in [0.717, 1.165) is 18.7 Å². The summed E-state index contributed by atoms with van der Waals surface area (Å²) in [4.78, 5) is 12.5. The molecule has 1 amide bonds. The molecule has 1 saturated heterocycles. The van der Waals surface area contributed by atoms with Crippen molar-refractivity contribution in [2.75, 3.05) is 20.2 Å². The van der Waals surface area contributed by atoms with Crippen molar-refractivity contribution in [3.63, 3.8) is 0 Å². The Bertz CT molecular complexity index is 787. The molecule has 138 valence electrons. The SMILES string of the molecule is COc1cc(C(=O)NC(C)c2c(F)cccc2F)ccc1C1CNNC1. The first-order chi connectivity index (χ1) is 12.5. The van der Waals surface area contributed by atoms with Gasteiger partial charge in [-0.1, -0.05) is 12.1 Å².